The van der Waals surface area contributed by atoms with E-state index in [1.54, 1.807) is 18.4 Å². The van der Waals surface area contributed by atoms with E-state index in [9.17, 15) is 4.79 Å². The van der Waals surface area contributed by atoms with Crippen LogP contribution < -0.4 is 10.1 Å². The molecule has 22 heavy (non-hydrogen) atoms. The maximum absolute atomic E-state index is 11.6. The molecule has 0 saturated carbocycles. The minimum atomic E-state index is 0.113. The Kier molecular flexibility index (Phi) is 5.95. The number of hydrogen-bond donors (Lipinski definition) is 1. The van der Waals surface area contributed by atoms with Crippen molar-refractivity contribution in [3.8, 4) is 17.0 Å². The van der Waals surface area contributed by atoms with Crippen LogP contribution in [0.25, 0.3) is 11.3 Å². The van der Waals surface area contributed by atoms with Crippen LogP contribution in [0.4, 0.5) is 0 Å². The molecule has 5 heteroatoms. The van der Waals surface area contributed by atoms with Gasteiger partial charge in [-0.15, -0.1) is 11.3 Å². The van der Waals surface area contributed by atoms with Crippen LogP contribution in [0.3, 0.4) is 0 Å². The summed E-state index contributed by atoms with van der Waals surface area (Å²) in [5.41, 5.74) is 2.04. The third-order valence-electron chi connectivity index (χ3n) is 3.19. The molecule has 1 N–H and O–H groups in total. The first-order valence-corrected chi connectivity index (χ1v) is 8.32. The monoisotopic (exact) mass is 318 g/mol. The third-order valence-corrected chi connectivity index (χ3v) is 4.10. The summed E-state index contributed by atoms with van der Waals surface area (Å²) < 4.78 is 5.16. The Morgan fingerprint density at radius 2 is 2.05 bits per heavy atom. The molecule has 118 valence electrons. The second-order valence-corrected chi connectivity index (χ2v) is 6.50. The molecule has 0 saturated heterocycles. The van der Waals surface area contributed by atoms with Crippen LogP contribution in [0.5, 0.6) is 5.75 Å². The lowest BCUT2D eigenvalue weighted by atomic mass is 10.1. The summed E-state index contributed by atoms with van der Waals surface area (Å²) in [4.78, 5) is 16.2. The van der Waals surface area contributed by atoms with Gasteiger partial charge in [0.2, 0.25) is 5.91 Å². The van der Waals surface area contributed by atoms with Gasteiger partial charge in [-0.3, -0.25) is 4.79 Å². The maximum atomic E-state index is 11.6. The Labute approximate surface area is 135 Å². The molecular weight excluding hydrogens is 296 g/mol. The zero-order valence-corrected chi connectivity index (χ0v) is 14.1. The minimum Gasteiger partial charge on any atom is -0.497 e. The first-order chi connectivity index (χ1) is 10.6. The maximum Gasteiger partial charge on any atom is 0.220 e. The fourth-order valence-electron chi connectivity index (χ4n) is 2.07. The standard InChI is InChI=1S/C17H22N2O2S/c1-12(2)10-16(20)18-9-8-17-19-15(11-22-17)13-4-6-14(21-3)7-5-13/h4-7,11-12H,8-10H2,1-3H3,(H,18,20). The van der Waals surface area contributed by atoms with Crippen molar-refractivity contribution in [2.75, 3.05) is 13.7 Å². The van der Waals surface area contributed by atoms with Gasteiger partial charge in [-0.25, -0.2) is 4.98 Å². The first-order valence-electron chi connectivity index (χ1n) is 7.44. The smallest absolute Gasteiger partial charge is 0.220 e. The predicted octanol–water partition coefficient (Wildman–Crippen LogP) is 3.52. The summed E-state index contributed by atoms with van der Waals surface area (Å²) >= 11 is 1.63. The van der Waals surface area contributed by atoms with Gasteiger partial charge >= 0.3 is 0 Å². The van der Waals surface area contributed by atoms with Gasteiger partial charge in [0.25, 0.3) is 0 Å². The van der Waals surface area contributed by atoms with Crippen LogP contribution in [-0.2, 0) is 11.2 Å². The van der Waals surface area contributed by atoms with E-state index in [2.05, 4.69) is 10.3 Å². The molecule has 4 nitrogen and oxygen atoms in total. The van der Waals surface area contributed by atoms with Crippen LogP contribution in [-0.4, -0.2) is 24.5 Å². The summed E-state index contributed by atoms with van der Waals surface area (Å²) in [6.07, 6.45) is 1.35. The number of nitrogens with zero attached hydrogens (tertiary/aromatic N) is 1. The van der Waals surface area contributed by atoms with Crippen molar-refractivity contribution in [3.63, 3.8) is 0 Å². The fourth-order valence-corrected chi connectivity index (χ4v) is 2.88. The summed E-state index contributed by atoms with van der Waals surface area (Å²) in [6, 6.07) is 7.87. The average Bonchev–Trinajstić information content (AvgIpc) is 2.95. The number of rotatable bonds is 7. The molecule has 2 rings (SSSR count). The van der Waals surface area contributed by atoms with Gasteiger partial charge in [0, 0.05) is 30.3 Å². The molecule has 0 aliphatic carbocycles. The van der Waals surface area contributed by atoms with E-state index < -0.39 is 0 Å². The molecule has 1 amide bonds. The highest BCUT2D eigenvalue weighted by molar-refractivity contribution is 7.09. The van der Waals surface area contributed by atoms with Gasteiger partial charge in [-0.05, 0) is 30.2 Å². The highest BCUT2D eigenvalue weighted by atomic mass is 32.1. The molecule has 1 heterocycles. The number of amides is 1. The summed E-state index contributed by atoms with van der Waals surface area (Å²) in [5, 5.41) is 6.02. The summed E-state index contributed by atoms with van der Waals surface area (Å²) in [5.74, 6) is 1.34. The van der Waals surface area contributed by atoms with Gasteiger partial charge in [0.1, 0.15) is 5.75 Å². The second kappa shape index (κ2) is 7.94. The van der Waals surface area contributed by atoms with Crippen molar-refractivity contribution in [3.05, 3.63) is 34.7 Å². The summed E-state index contributed by atoms with van der Waals surface area (Å²) in [7, 11) is 1.66. The molecule has 0 radical (unpaired) electrons. The number of carbonyl (C=O) groups excluding carboxylic acids is 1. The molecule has 0 atom stereocenters. The average molecular weight is 318 g/mol. The zero-order chi connectivity index (χ0) is 15.9. The van der Waals surface area contributed by atoms with E-state index in [4.69, 9.17) is 4.74 Å². The largest absolute Gasteiger partial charge is 0.497 e. The predicted molar refractivity (Wildman–Crippen MR) is 90.3 cm³/mol. The highest BCUT2D eigenvalue weighted by Gasteiger charge is 2.07. The van der Waals surface area contributed by atoms with Crippen molar-refractivity contribution in [1.29, 1.82) is 0 Å². The molecule has 1 aromatic carbocycles. The number of benzene rings is 1. The van der Waals surface area contributed by atoms with Crippen molar-refractivity contribution in [2.45, 2.75) is 26.7 Å². The Hall–Kier alpha value is -1.88. The topological polar surface area (TPSA) is 51.2 Å². The fraction of sp³-hybridized carbons (Fsp3) is 0.412. The molecule has 2 aromatic rings. The molecule has 0 fully saturated rings. The second-order valence-electron chi connectivity index (χ2n) is 5.55. The Morgan fingerprint density at radius 1 is 1.32 bits per heavy atom. The van der Waals surface area contributed by atoms with Crippen molar-refractivity contribution < 1.29 is 9.53 Å². The van der Waals surface area contributed by atoms with Crippen LogP contribution in [0.2, 0.25) is 0 Å². The van der Waals surface area contributed by atoms with E-state index in [0.717, 1.165) is 28.4 Å². The van der Waals surface area contributed by atoms with E-state index in [-0.39, 0.29) is 5.91 Å². The lowest BCUT2D eigenvalue weighted by Gasteiger charge is -2.05. The van der Waals surface area contributed by atoms with E-state index >= 15 is 0 Å². The normalized spacial score (nSPS) is 10.7. The van der Waals surface area contributed by atoms with Gasteiger partial charge in [0.15, 0.2) is 0 Å². The molecule has 1 aromatic heterocycles. The quantitative estimate of drug-likeness (QED) is 0.850. The van der Waals surface area contributed by atoms with E-state index in [1.807, 2.05) is 43.5 Å². The Morgan fingerprint density at radius 3 is 2.68 bits per heavy atom. The number of hydrogen-bond acceptors (Lipinski definition) is 4. The van der Waals surface area contributed by atoms with Crippen LogP contribution >= 0.6 is 11.3 Å². The van der Waals surface area contributed by atoms with Crippen LogP contribution in [0.1, 0.15) is 25.3 Å². The Bertz CT molecular complexity index is 605. The zero-order valence-electron chi connectivity index (χ0n) is 13.3. The van der Waals surface area contributed by atoms with Crippen LogP contribution in [0, 0.1) is 5.92 Å². The number of nitrogens with one attached hydrogen (secondary N) is 1. The molecule has 0 aliphatic heterocycles. The number of aromatic nitrogens is 1. The number of ether oxygens (including phenoxy) is 1. The molecule has 0 unspecified atom stereocenters. The van der Waals surface area contributed by atoms with Crippen LogP contribution in [0.15, 0.2) is 29.6 Å². The van der Waals surface area contributed by atoms with E-state index in [1.165, 1.54) is 0 Å². The third kappa shape index (κ3) is 4.84. The lowest BCUT2D eigenvalue weighted by Crippen LogP contribution is -2.26. The van der Waals surface area contributed by atoms with Crippen molar-refractivity contribution in [1.82, 2.24) is 10.3 Å². The van der Waals surface area contributed by atoms with Crippen molar-refractivity contribution >= 4 is 17.2 Å². The summed E-state index contributed by atoms with van der Waals surface area (Å²) in [6.45, 7) is 4.73. The Balaban J connectivity index is 1.87. The molecule has 0 bridgehead atoms. The van der Waals surface area contributed by atoms with Gasteiger partial charge in [0.05, 0.1) is 17.8 Å². The molecular formula is C17H22N2O2S. The highest BCUT2D eigenvalue weighted by Crippen LogP contribution is 2.24. The number of thiazole rings is 1. The SMILES string of the molecule is COc1ccc(-c2csc(CCNC(=O)CC(C)C)n2)cc1. The number of methoxy groups -OCH3 is 1. The molecule has 0 aliphatic rings. The van der Waals surface area contributed by atoms with E-state index in [0.29, 0.717) is 18.9 Å². The number of carbonyl (C=O) groups is 1. The van der Waals surface area contributed by atoms with Gasteiger partial charge < -0.3 is 10.1 Å². The van der Waals surface area contributed by atoms with Crippen molar-refractivity contribution in [2.24, 2.45) is 5.92 Å². The molecule has 0 spiro atoms. The van der Waals surface area contributed by atoms with Gasteiger partial charge in [-0.2, -0.15) is 0 Å². The minimum absolute atomic E-state index is 0.113. The van der Waals surface area contributed by atoms with Gasteiger partial charge in [-0.1, -0.05) is 13.8 Å². The lowest BCUT2D eigenvalue weighted by molar-refractivity contribution is -0.121. The first kappa shape index (κ1) is 16.5.